The summed E-state index contributed by atoms with van der Waals surface area (Å²) < 4.78 is 57.7. The molecule has 0 bridgehead atoms. The summed E-state index contributed by atoms with van der Waals surface area (Å²) in [6, 6.07) is 14.4. The van der Waals surface area contributed by atoms with E-state index in [1.54, 1.807) is 36.4 Å². The van der Waals surface area contributed by atoms with Crippen molar-refractivity contribution in [2.75, 3.05) is 37.7 Å². The predicted molar refractivity (Wildman–Crippen MR) is 144 cm³/mol. The van der Waals surface area contributed by atoms with Crippen molar-refractivity contribution in [2.24, 2.45) is 0 Å². The first-order valence-corrected chi connectivity index (χ1v) is 14.9. The second kappa shape index (κ2) is 14.8. The van der Waals surface area contributed by atoms with Gasteiger partial charge in [-0.3, -0.25) is 9.52 Å². The highest BCUT2D eigenvalue weighted by atomic mass is 32.2. The van der Waals surface area contributed by atoms with Gasteiger partial charge in [-0.2, -0.15) is 0 Å². The molecule has 4 N–H and O–H groups in total. The molecule has 12 heteroatoms. The van der Waals surface area contributed by atoms with Gasteiger partial charge in [0.2, 0.25) is 15.9 Å². The molecule has 1 unspecified atom stereocenters. The smallest absolute Gasteiger partial charge is 0.229 e. The highest BCUT2D eigenvalue weighted by Crippen LogP contribution is 2.16. The van der Waals surface area contributed by atoms with Gasteiger partial charge in [-0.05, 0) is 62.7 Å². The molecule has 0 aliphatic heterocycles. The maximum atomic E-state index is 11.2. The fourth-order valence-electron chi connectivity index (χ4n) is 3.02. The van der Waals surface area contributed by atoms with Gasteiger partial charge in [0.25, 0.3) is 0 Å². The molecule has 36 heavy (non-hydrogen) atoms. The second-order valence-corrected chi connectivity index (χ2v) is 12.1. The van der Waals surface area contributed by atoms with Crippen molar-refractivity contribution in [3.8, 4) is 5.75 Å². The number of ether oxygens (including phenoxy) is 1. The summed E-state index contributed by atoms with van der Waals surface area (Å²) in [7, 11) is -4.80. The molecule has 0 aliphatic carbocycles. The number of likely N-dealkylation sites (N-methyl/N-ethyl adjacent to an activating group) is 1. The van der Waals surface area contributed by atoms with Crippen molar-refractivity contribution in [3.63, 3.8) is 0 Å². The number of nitrogens with zero attached hydrogens (tertiary/aromatic N) is 1. The van der Waals surface area contributed by atoms with E-state index in [0.29, 0.717) is 23.6 Å². The zero-order chi connectivity index (χ0) is 27.4. The number of rotatable bonds is 12. The summed E-state index contributed by atoms with van der Waals surface area (Å²) in [5.74, 6) is 0.549. The first kappa shape index (κ1) is 31.4. The van der Waals surface area contributed by atoms with E-state index in [0.717, 1.165) is 31.3 Å². The van der Waals surface area contributed by atoms with Crippen molar-refractivity contribution in [1.82, 2.24) is 10.2 Å². The van der Waals surface area contributed by atoms with Gasteiger partial charge in [0, 0.05) is 31.7 Å². The number of hydrogen-bond donors (Lipinski definition) is 4. The van der Waals surface area contributed by atoms with Gasteiger partial charge in [0.1, 0.15) is 12.4 Å². The Bertz CT molecular complexity index is 1150. The van der Waals surface area contributed by atoms with E-state index in [-0.39, 0.29) is 17.7 Å². The molecule has 1 amide bonds. The summed E-state index contributed by atoms with van der Waals surface area (Å²) >= 11 is 0. The van der Waals surface area contributed by atoms with E-state index in [2.05, 4.69) is 14.9 Å². The zero-order valence-corrected chi connectivity index (χ0v) is 23.1. The van der Waals surface area contributed by atoms with E-state index in [9.17, 15) is 17.4 Å². The molecule has 0 radical (unpaired) electrons. The van der Waals surface area contributed by atoms with E-state index in [4.69, 9.17) is 14.1 Å². The predicted octanol–water partition coefficient (Wildman–Crippen LogP) is 3.16. The Morgan fingerprint density at radius 2 is 1.58 bits per heavy atom. The zero-order valence-electron chi connectivity index (χ0n) is 21.5. The van der Waals surface area contributed by atoms with Crippen LogP contribution in [0.2, 0.25) is 0 Å². The van der Waals surface area contributed by atoms with Crippen molar-refractivity contribution in [3.05, 3.63) is 59.7 Å². The molecule has 0 fully saturated rings. The molecule has 10 nitrogen and oxygen atoms in total. The van der Waals surface area contributed by atoms with Crippen LogP contribution in [0.4, 0.5) is 5.69 Å². The number of hydrogen-bond acceptors (Lipinski definition) is 7. The largest absolute Gasteiger partial charge is 0.492 e. The molecule has 0 aliphatic rings. The SMILES string of the molecule is CC(=O)NC(C)C.CN(CCOc1ccc(NS(C)(=O)=O)cc1)CCc1ccc(CS(=N)(=O)O)cc1. The van der Waals surface area contributed by atoms with Gasteiger partial charge >= 0.3 is 0 Å². The number of carbonyl (C=O) groups excluding carboxylic acids is 1. The van der Waals surface area contributed by atoms with Gasteiger partial charge in [0.05, 0.1) is 12.0 Å². The third-order valence-corrected chi connectivity index (χ3v) is 5.89. The quantitative estimate of drug-likeness (QED) is 0.322. The number of sulfonamides is 1. The van der Waals surface area contributed by atoms with Crippen LogP contribution in [-0.2, 0) is 37.0 Å². The minimum atomic E-state index is -3.51. The Labute approximate surface area is 215 Å². The van der Waals surface area contributed by atoms with Crippen molar-refractivity contribution < 1.29 is 26.7 Å². The van der Waals surface area contributed by atoms with Gasteiger partial charge in [-0.25, -0.2) is 17.4 Å². The molecule has 202 valence electrons. The summed E-state index contributed by atoms with van der Waals surface area (Å²) in [4.78, 5) is 12.3. The van der Waals surface area contributed by atoms with Crippen LogP contribution < -0.4 is 14.8 Å². The Balaban J connectivity index is 0.000000809. The molecule has 1 atom stereocenters. The van der Waals surface area contributed by atoms with E-state index in [1.807, 2.05) is 33.0 Å². The average Bonchev–Trinajstić information content (AvgIpc) is 2.72. The summed E-state index contributed by atoms with van der Waals surface area (Å²) in [6.07, 6.45) is 1.93. The minimum Gasteiger partial charge on any atom is -0.492 e. The lowest BCUT2D eigenvalue weighted by molar-refractivity contribution is -0.119. The van der Waals surface area contributed by atoms with Gasteiger partial charge in [0.15, 0.2) is 10.0 Å². The number of carbonyl (C=O) groups is 1. The van der Waals surface area contributed by atoms with Crippen LogP contribution in [-0.4, -0.2) is 67.0 Å². The third-order valence-electron chi connectivity index (χ3n) is 4.56. The van der Waals surface area contributed by atoms with Crippen LogP contribution in [0.5, 0.6) is 5.75 Å². The molecular weight excluding hydrogens is 504 g/mol. The standard InChI is InChI=1S/C19H27N3O5S2.C5H11NO/c1-22(12-11-16-3-5-17(6-4-16)15-29(20,25)26)13-14-27-19-9-7-18(8-10-19)21-28(2,23)24;1-4(2)6-5(3)7/h3-10,21H,11-15H2,1-2H3,(H2,20,25,26);4H,1-3H3,(H,6,7). The first-order chi connectivity index (χ1) is 16.6. The third kappa shape index (κ3) is 16.1. The fraction of sp³-hybridized carbons (Fsp3) is 0.458. The van der Waals surface area contributed by atoms with Crippen molar-refractivity contribution in [1.29, 1.82) is 4.78 Å². The maximum absolute atomic E-state index is 11.2. The first-order valence-electron chi connectivity index (χ1n) is 11.4. The topological polar surface area (TPSA) is 149 Å². The highest BCUT2D eigenvalue weighted by molar-refractivity contribution is 7.92. The Morgan fingerprint density at radius 3 is 2.03 bits per heavy atom. The number of benzene rings is 2. The van der Waals surface area contributed by atoms with Crippen LogP contribution in [0.15, 0.2) is 48.5 Å². The minimum absolute atomic E-state index is 0.0370. The monoisotopic (exact) mass is 542 g/mol. The molecule has 2 aromatic carbocycles. The number of anilines is 1. The summed E-state index contributed by atoms with van der Waals surface area (Å²) in [6.45, 7) is 7.44. The van der Waals surface area contributed by atoms with E-state index in [1.165, 1.54) is 6.92 Å². The molecule has 0 aromatic heterocycles. The molecule has 0 saturated carbocycles. The number of amides is 1. The average molecular weight is 543 g/mol. The van der Waals surface area contributed by atoms with Crippen LogP contribution in [0, 0.1) is 4.78 Å². The molecule has 0 spiro atoms. The van der Waals surface area contributed by atoms with E-state index >= 15 is 0 Å². The van der Waals surface area contributed by atoms with Gasteiger partial charge < -0.3 is 19.5 Å². The summed E-state index contributed by atoms with van der Waals surface area (Å²) in [5.41, 5.74) is 2.28. The lowest BCUT2D eigenvalue weighted by atomic mass is 10.1. The van der Waals surface area contributed by atoms with E-state index < -0.39 is 20.0 Å². The van der Waals surface area contributed by atoms with Crippen molar-refractivity contribution >= 4 is 31.6 Å². The van der Waals surface area contributed by atoms with Gasteiger partial charge in [-0.15, -0.1) is 0 Å². The van der Waals surface area contributed by atoms with Crippen LogP contribution in [0.3, 0.4) is 0 Å². The Kier molecular flexibility index (Phi) is 12.9. The highest BCUT2D eigenvalue weighted by Gasteiger charge is 2.05. The lowest BCUT2D eigenvalue weighted by Crippen LogP contribution is -2.27. The normalized spacial score (nSPS) is 12.9. The molecular formula is C24H38N4O6S2. The number of nitrogens with one attached hydrogen (secondary N) is 3. The lowest BCUT2D eigenvalue weighted by Gasteiger charge is -2.17. The van der Waals surface area contributed by atoms with Crippen LogP contribution in [0.25, 0.3) is 0 Å². The van der Waals surface area contributed by atoms with Crippen LogP contribution in [0.1, 0.15) is 31.9 Å². The molecule has 2 rings (SSSR count). The van der Waals surface area contributed by atoms with Crippen molar-refractivity contribution in [2.45, 2.75) is 39.0 Å². The molecule has 0 heterocycles. The maximum Gasteiger partial charge on any atom is 0.229 e. The van der Waals surface area contributed by atoms with Gasteiger partial charge in [-0.1, -0.05) is 24.3 Å². The molecule has 0 saturated heterocycles. The van der Waals surface area contributed by atoms with Crippen LogP contribution >= 0.6 is 0 Å². The molecule has 2 aromatic rings. The second-order valence-electron chi connectivity index (χ2n) is 8.76. The Hall–Kier alpha value is -2.67. The summed E-state index contributed by atoms with van der Waals surface area (Å²) in [5, 5.41) is 2.67. The fourth-order valence-corrected chi connectivity index (χ4v) is 4.23. The Morgan fingerprint density at radius 1 is 1.03 bits per heavy atom.